The zero-order chi connectivity index (χ0) is 15.4. The van der Waals surface area contributed by atoms with E-state index in [4.69, 9.17) is 11.6 Å². The first kappa shape index (κ1) is 16.0. The first-order valence-corrected chi connectivity index (χ1v) is 7.98. The molecule has 0 radical (unpaired) electrons. The van der Waals surface area contributed by atoms with Crippen LogP contribution in [0.15, 0.2) is 29.2 Å². The first-order chi connectivity index (χ1) is 10.0. The van der Waals surface area contributed by atoms with Crippen molar-refractivity contribution in [1.29, 1.82) is 0 Å². The molecule has 112 valence electrons. The minimum atomic E-state index is -0.304. The zero-order valence-corrected chi connectivity index (χ0v) is 13.5. The van der Waals surface area contributed by atoms with E-state index in [0.717, 1.165) is 12.1 Å². The van der Waals surface area contributed by atoms with Gasteiger partial charge >= 0.3 is 0 Å². The molecule has 0 aliphatic heterocycles. The van der Waals surface area contributed by atoms with Crippen molar-refractivity contribution in [2.24, 2.45) is 7.05 Å². The van der Waals surface area contributed by atoms with Crippen LogP contribution in [0.5, 0.6) is 0 Å². The molecule has 0 spiro atoms. The summed E-state index contributed by atoms with van der Waals surface area (Å²) < 4.78 is 15.1. The van der Waals surface area contributed by atoms with E-state index in [-0.39, 0.29) is 23.8 Å². The Kier molecular flexibility index (Phi) is 5.42. The lowest BCUT2D eigenvalue weighted by atomic mass is 10.2. The molecular weight excluding hydrogens is 311 g/mol. The lowest BCUT2D eigenvalue weighted by Crippen LogP contribution is -2.10. The second kappa shape index (κ2) is 7.09. The Morgan fingerprint density at radius 1 is 1.43 bits per heavy atom. The largest absolute Gasteiger partial charge is 0.298 e. The predicted molar refractivity (Wildman–Crippen MR) is 83.4 cm³/mol. The molecule has 6 heteroatoms. The number of ketones is 1. The van der Waals surface area contributed by atoms with Gasteiger partial charge in [-0.3, -0.25) is 9.48 Å². The van der Waals surface area contributed by atoms with Gasteiger partial charge in [0.05, 0.1) is 28.6 Å². The number of rotatable bonds is 6. The molecule has 0 atom stereocenters. The number of thioether (sulfide) groups is 1. The third kappa shape index (κ3) is 3.86. The number of carbonyl (C=O) groups is 1. The van der Waals surface area contributed by atoms with Gasteiger partial charge in [-0.05, 0) is 18.6 Å². The van der Waals surface area contributed by atoms with Crippen molar-refractivity contribution in [3.63, 3.8) is 0 Å². The lowest BCUT2D eigenvalue weighted by Gasteiger charge is -2.04. The fourth-order valence-corrected chi connectivity index (χ4v) is 3.13. The number of Topliss-reactive ketones (excluding diaryl/α,β-unsaturated/α-hetero) is 1. The quantitative estimate of drug-likeness (QED) is 0.760. The van der Waals surface area contributed by atoms with Gasteiger partial charge in [0.25, 0.3) is 0 Å². The maximum Gasteiger partial charge on any atom is 0.149 e. The summed E-state index contributed by atoms with van der Waals surface area (Å²) in [5.41, 5.74) is 1.51. The second-order valence-corrected chi connectivity index (χ2v) is 6.01. The summed E-state index contributed by atoms with van der Waals surface area (Å²) in [6, 6.07) is 6.43. The van der Waals surface area contributed by atoms with Crippen molar-refractivity contribution in [3.05, 3.63) is 46.5 Å². The Morgan fingerprint density at radius 2 is 2.14 bits per heavy atom. The van der Waals surface area contributed by atoms with E-state index in [1.807, 2.05) is 6.92 Å². The van der Waals surface area contributed by atoms with Crippen molar-refractivity contribution < 1.29 is 9.18 Å². The van der Waals surface area contributed by atoms with Gasteiger partial charge in [-0.25, -0.2) is 4.39 Å². The highest BCUT2D eigenvalue weighted by Crippen LogP contribution is 2.24. The van der Waals surface area contributed by atoms with Gasteiger partial charge in [0.15, 0.2) is 0 Å². The van der Waals surface area contributed by atoms with Crippen molar-refractivity contribution in [3.8, 4) is 0 Å². The fraction of sp³-hybridized carbons (Fsp3) is 0.333. The third-order valence-corrected chi connectivity index (χ3v) is 4.64. The molecule has 0 N–H and O–H groups in total. The van der Waals surface area contributed by atoms with Crippen LogP contribution >= 0.6 is 23.4 Å². The molecule has 0 unspecified atom stereocenters. The minimum Gasteiger partial charge on any atom is -0.298 e. The normalized spacial score (nSPS) is 10.9. The van der Waals surface area contributed by atoms with Gasteiger partial charge in [0, 0.05) is 11.9 Å². The van der Waals surface area contributed by atoms with E-state index in [2.05, 4.69) is 5.10 Å². The van der Waals surface area contributed by atoms with Crippen LogP contribution in [-0.2, 0) is 24.7 Å². The summed E-state index contributed by atoms with van der Waals surface area (Å²) in [7, 11) is 1.78. The maximum absolute atomic E-state index is 13.5. The van der Waals surface area contributed by atoms with Crippen molar-refractivity contribution in [2.45, 2.75) is 24.7 Å². The Bertz CT molecular complexity index is 657. The third-order valence-electron chi connectivity index (χ3n) is 3.09. The summed E-state index contributed by atoms with van der Waals surface area (Å²) in [6.45, 7) is 1.97. The van der Waals surface area contributed by atoms with Gasteiger partial charge in [-0.15, -0.1) is 11.8 Å². The van der Waals surface area contributed by atoms with E-state index in [1.54, 1.807) is 29.9 Å². The predicted octanol–water partition coefficient (Wildman–Crippen LogP) is 3.68. The molecule has 3 nitrogen and oxygen atoms in total. The SMILES string of the molecule is CCc1nn(C)c(CC(=O)CSc2ccccc2F)c1Cl. The molecule has 1 heterocycles. The average Bonchev–Trinajstić information content (AvgIpc) is 2.74. The van der Waals surface area contributed by atoms with Crippen molar-refractivity contribution in [2.75, 3.05) is 5.75 Å². The highest BCUT2D eigenvalue weighted by Gasteiger charge is 2.16. The first-order valence-electron chi connectivity index (χ1n) is 6.62. The Balaban J connectivity index is 2.00. The monoisotopic (exact) mass is 326 g/mol. The van der Waals surface area contributed by atoms with Crippen LogP contribution in [0.2, 0.25) is 5.02 Å². The molecule has 0 saturated heterocycles. The topological polar surface area (TPSA) is 34.9 Å². The van der Waals surface area contributed by atoms with E-state index in [9.17, 15) is 9.18 Å². The molecule has 0 saturated carbocycles. The van der Waals surface area contributed by atoms with Crippen molar-refractivity contribution >= 4 is 29.1 Å². The second-order valence-electron chi connectivity index (χ2n) is 4.62. The van der Waals surface area contributed by atoms with Crippen LogP contribution in [0.1, 0.15) is 18.3 Å². The van der Waals surface area contributed by atoms with Gasteiger partial charge in [-0.2, -0.15) is 5.10 Å². The molecule has 1 aromatic heterocycles. The van der Waals surface area contributed by atoms with Crippen LogP contribution in [0, 0.1) is 5.82 Å². The van der Waals surface area contributed by atoms with E-state index in [1.165, 1.54) is 17.8 Å². The Morgan fingerprint density at radius 3 is 2.76 bits per heavy atom. The van der Waals surface area contributed by atoms with Gasteiger partial charge in [0.2, 0.25) is 0 Å². The summed E-state index contributed by atoms with van der Waals surface area (Å²) in [6.07, 6.45) is 0.939. The smallest absolute Gasteiger partial charge is 0.149 e. The molecule has 21 heavy (non-hydrogen) atoms. The molecule has 0 aliphatic rings. The molecule has 0 amide bonds. The molecule has 2 rings (SSSR count). The maximum atomic E-state index is 13.5. The highest BCUT2D eigenvalue weighted by atomic mass is 35.5. The Labute approximate surface area is 132 Å². The molecule has 2 aromatic rings. The van der Waals surface area contributed by atoms with Crippen LogP contribution in [-0.4, -0.2) is 21.3 Å². The number of benzene rings is 1. The summed E-state index contributed by atoms with van der Waals surface area (Å²) >= 11 is 7.42. The minimum absolute atomic E-state index is 0.00388. The van der Waals surface area contributed by atoms with Gasteiger partial charge in [0.1, 0.15) is 11.6 Å². The number of aromatic nitrogens is 2. The number of aryl methyl sites for hydroxylation is 2. The van der Waals surface area contributed by atoms with E-state index < -0.39 is 0 Å². The average molecular weight is 327 g/mol. The number of hydrogen-bond acceptors (Lipinski definition) is 3. The lowest BCUT2D eigenvalue weighted by molar-refractivity contribution is -0.116. The zero-order valence-electron chi connectivity index (χ0n) is 11.9. The van der Waals surface area contributed by atoms with E-state index in [0.29, 0.717) is 15.6 Å². The van der Waals surface area contributed by atoms with Gasteiger partial charge in [-0.1, -0.05) is 30.7 Å². The molecule has 0 aliphatic carbocycles. The number of carbonyl (C=O) groups excluding carboxylic acids is 1. The standard InChI is InChI=1S/C15H16ClFN2OS/c1-3-12-15(16)13(19(2)18-12)8-10(20)9-21-14-7-5-4-6-11(14)17/h4-7H,3,8-9H2,1-2H3. The number of nitrogens with zero attached hydrogens (tertiary/aromatic N) is 2. The van der Waals surface area contributed by atoms with Crippen LogP contribution < -0.4 is 0 Å². The van der Waals surface area contributed by atoms with Crippen LogP contribution in [0.4, 0.5) is 4.39 Å². The summed E-state index contributed by atoms with van der Waals surface area (Å²) in [5.74, 6) is -0.0953. The number of hydrogen-bond donors (Lipinski definition) is 0. The molecule has 0 bridgehead atoms. The fourth-order valence-electron chi connectivity index (χ4n) is 1.97. The molecule has 0 fully saturated rings. The molecule has 1 aromatic carbocycles. The van der Waals surface area contributed by atoms with Crippen LogP contribution in [0.25, 0.3) is 0 Å². The summed E-state index contributed by atoms with van der Waals surface area (Å²) in [5, 5.41) is 4.84. The van der Waals surface area contributed by atoms with Gasteiger partial charge < -0.3 is 0 Å². The van der Waals surface area contributed by atoms with Crippen molar-refractivity contribution in [1.82, 2.24) is 9.78 Å². The molecular formula is C15H16ClFN2OS. The highest BCUT2D eigenvalue weighted by molar-refractivity contribution is 8.00. The number of halogens is 2. The summed E-state index contributed by atoms with van der Waals surface area (Å²) in [4.78, 5) is 12.5. The van der Waals surface area contributed by atoms with E-state index >= 15 is 0 Å². The van der Waals surface area contributed by atoms with Crippen LogP contribution in [0.3, 0.4) is 0 Å². The Hall–Kier alpha value is -1.33.